The van der Waals surface area contributed by atoms with Gasteiger partial charge in [0.2, 0.25) is 0 Å². The topological polar surface area (TPSA) is 90.9 Å². The first-order valence-corrected chi connectivity index (χ1v) is 8.70. The molecule has 0 saturated carbocycles. The molecule has 1 aromatic rings. The van der Waals surface area contributed by atoms with Crippen LogP contribution in [0.3, 0.4) is 0 Å². The number of rotatable bonds is 3. The lowest BCUT2D eigenvalue weighted by molar-refractivity contribution is -0.326. The second kappa shape index (κ2) is 5.82. The number of piperidine rings is 3. The van der Waals surface area contributed by atoms with Crippen molar-refractivity contribution >= 4 is 23.7 Å². The summed E-state index contributed by atoms with van der Waals surface area (Å²) in [5.74, 6) is -1.74. The van der Waals surface area contributed by atoms with Gasteiger partial charge < -0.3 is 14.2 Å². The molecule has 8 nitrogen and oxygen atoms in total. The van der Waals surface area contributed by atoms with E-state index in [0.29, 0.717) is 25.5 Å². The van der Waals surface area contributed by atoms with Crippen molar-refractivity contribution in [3.63, 3.8) is 0 Å². The summed E-state index contributed by atoms with van der Waals surface area (Å²) in [6.07, 6.45) is 4.49. The summed E-state index contributed by atoms with van der Waals surface area (Å²) >= 11 is 1.09. The Kier molecular flexibility index (Phi) is 3.76. The Bertz CT molecular complexity index is 683. The van der Waals surface area contributed by atoms with Crippen LogP contribution < -0.4 is 4.74 Å². The second-order valence-corrected chi connectivity index (χ2v) is 6.61. The quantitative estimate of drug-likeness (QED) is 0.755. The van der Waals surface area contributed by atoms with E-state index in [1.807, 2.05) is 11.8 Å². The summed E-state index contributed by atoms with van der Waals surface area (Å²) in [4.78, 5) is 25.8. The van der Waals surface area contributed by atoms with Gasteiger partial charge in [-0.25, -0.2) is 14.5 Å². The second-order valence-electron chi connectivity index (χ2n) is 6.08. The van der Waals surface area contributed by atoms with Crippen molar-refractivity contribution in [2.45, 2.75) is 38.1 Å². The van der Waals surface area contributed by atoms with Crippen molar-refractivity contribution in [2.24, 2.45) is 5.92 Å². The Balaban J connectivity index is 1.70. The molecule has 0 radical (unpaired) electrons. The number of hydrogen-bond donors (Lipinski definition) is 0. The average Bonchev–Trinajstić information content (AvgIpc) is 2.96. The molecule has 24 heavy (non-hydrogen) atoms. The highest BCUT2D eigenvalue weighted by Crippen LogP contribution is 2.51. The van der Waals surface area contributed by atoms with Crippen LogP contribution in [-0.2, 0) is 19.1 Å². The molecule has 3 fully saturated rings. The average molecular weight is 351 g/mol. The Morgan fingerprint density at radius 3 is 2.75 bits per heavy atom. The van der Waals surface area contributed by atoms with Gasteiger partial charge in [-0.05, 0) is 25.7 Å². The minimum atomic E-state index is -1.36. The van der Waals surface area contributed by atoms with E-state index in [0.717, 1.165) is 42.4 Å². The molecule has 3 saturated heterocycles. The van der Waals surface area contributed by atoms with Crippen molar-refractivity contribution in [1.29, 1.82) is 0 Å². The predicted molar refractivity (Wildman–Crippen MR) is 81.9 cm³/mol. The zero-order valence-electron chi connectivity index (χ0n) is 13.1. The van der Waals surface area contributed by atoms with E-state index in [-0.39, 0.29) is 12.0 Å². The first-order chi connectivity index (χ1) is 11.6. The van der Waals surface area contributed by atoms with Gasteiger partial charge >= 0.3 is 17.8 Å². The van der Waals surface area contributed by atoms with Crippen LogP contribution in [0.1, 0.15) is 37.9 Å². The van der Waals surface area contributed by atoms with Gasteiger partial charge in [0.05, 0.1) is 24.4 Å². The Hall–Kier alpha value is -2.00. The Labute approximate surface area is 142 Å². The minimum Gasteiger partial charge on any atom is -0.476 e. The number of carbonyl (C=O) groups excluding carboxylic acids is 2. The fourth-order valence-corrected chi connectivity index (χ4v) is 4.29. The lowest BCUT2D eigenvalue weighted by atomic mass is 9.79. The Morgan fingerprint density at radius 2 is 2.08 bits per heavy atom. The van der Waals surface area contributed by atoms with E-state index in [4.69, 9.17) is 14.2 Å². The summed E-state index contributed by atoms with van der Waals surface area (Å²) in [6.45, 7) is 3.03. The van der Waals surface area contributed by atoms with Gasteiger partial charge in [0.1, 0.15) is 5.69 Å². The van der Waals surface area contributed by atoms with E-state index in [1.54, 1.807) is 0 Å². The molecule has 0 aromatic carbocycles. The van der Waals surface area contributed by atoms with Crippen molar-refractivity contribution in [2.75, 3.05) is 13.2 Å². The fourth-order valence-electron chi connectivity index (χ4n) is 3.74. The zero-order valence-corrected chi connectivity index (χ0v) is 14.0. The summed E-state index contributed by atoms with van der Waals surface area (Å²) in [7, 11) is 0. The van der Waals surface area contributed by atoms with E-state index in [1.165, 1.54) is 0 Å². The number of ether oxygens (including phenoxy) is 3. The largest absolute Gasteiger partial charge is 0.476 e. The summed E-state index contributed by atoms with van der Waals surface area (Å²) in [6, 6.07) is -0.156. The third-order valence-electron chi connectivity index (χ3n) is 4.65. The number of aromatic nitrogens is 2. The minimum absolute atomic E-state index is 0.156. The van der Waals surface area contributed by atoms with E-state index in [2.05, 4.69) is 8.75 Å². The molecule has 5 heterocycles. The number of nitrogens with zero attached hydrogens (tertiary/aromatic N) is 3. The summed E-state index contributed by atoms with van der Waals surface area (Å²) < 4.78 is 25.2. The van der Waals surface area contributed by atoms with E-state index in [9.17, 15) is 9.59 Å². The molecule has 128 valence electrons. The smallest absolute Gasteiger partial charge is 0.335 e. The predicted octanol–water partition coefficient (Wildman–Crippen LogP) is 1.40. The molecule has 1 spiro atoms. The normalized spacial score (nSPS) is 30.8. The molecule has 9 heteroatoms. The number of esters is 2. The molecular weight excluding hydrogens is 334 g/mol. The zero-order chi connectivity index (χ0) is 16.7. The van der Waals surface area contributed by atoms with Crippen molar-refractivity contribution in [1.82, 2.24) is 13.6 Å². The van der Waals surface area contributed by atoms with Gasteiger partial charge in [-0.15, -0.1) is 4.37 Å². The molecule has 0 amide bonds. The molecule has 0 aliphatic carbocycles. The third kappa shape index (κ3) is 2.48. The summed E-state index contributed by atoms with van der Waals surface area (Å²) in [5, 5.41) is 0. The maximum absolute atomic E-state index is 11.9. The van der Waals surface area contributed by atoms with Crippen LogP contribution in [0.5, 0.6) is 5.88 Å². The highest BCUT2D eigenvalue weighted by Gasteiger charge is 2.57. The third-order valence-corrected chi connectivity index (χ3v) is 5.18. The van der Waals surface area contributed by atoms with Gasteiger partial charge in [-0.2, -0.15) is 4.37 Å². The lowest BCUT2D eigenvalue weighted by Gasteiger charge is -2.54. The molecule has 1 aromatic heterocycles. The van der Waals surface area contributed by atoms with Crippen LogP contribution in [-0.4, -0.2) is 44.6 Å². The first kappa shape index (κ1) is 15.5. The molecular formula is C15H17N3O5S. The van der Waals surface area contributed by atoms with Crippen LogP contribution in [0.4, 0.5) is 0 Å². The standard InChI is InChI=1S/C15H17N3O5S/c1-2-21-14-13(16-24-17-14)10-7-9-5-6-18(10)15(8-9)22-11(19)3-4-12(20)23-15/h3-4,9-10H,2,5-8H2,1H3. The lowest BCUT2D eigenvalue weighted by Crippen LogP contribution is -2.63. The highest BCUT2D eigenvalue weighted by atomic mass is 32.1. The number of fused-ring (bicyclic) bond motifs is 2. The fraction of sp³-hybridized carbons (Fsp3) is 0.600. The van der Waals surface area contributed by atoms with Crippen LogP contribution in [0, 0.1) is 5.92 Å². The molecule has 3 atom stereocenters. The van der Waals surface area contributed by atoms with Crippen LogP contribution >= 0.6 is 11.7 Å². The van der Waals surface area contributed by atoms with Gasteiger partial charge in [0.25, 0.3) is 5.88 Å². The van der Waals surface area contributed by atoms with Crippen LogP contribution in [0.25, 0.3) is 0 Å². The molecule has 4 aliphatic rings. The van der Waals surface area contributed by atoms with Gasteiger partial charge in [0, 0.05) is 25.1 Å². The highest BCUT2D eigenvalue weighted by molar-refractivity contribution is 6.99. The SMILES string of the molecule is CCOc1nsnc1C1CC2CCN1C1(C2)OC(=O)C=CC(=O)O1. The van der Waals surface area contributed by atoms with E-state index < -0.39 is 17.8 Å². The van der Waals surface area contributed by atoms with Gasteiger partial charge in [-0.3, -0.25) is 0 Å². The molecule has 0 N–H and O–H groups in total. The number of hydrogen-bond acceptors (Lipinski definition) is 9. The van der Waals surface area contributed by atoms with Crippen molar-refractivity contribution in [3.8, 4) is 5.88 Å². The maximum Gasteiger partial charge on any atom is 0.335 e. The molecule has 2 bridgehead atoms. The van der Waals surface area contributed by atoms with E-state index >= 15 is 0 Å². The van der Waals surface area contributed by atoms with Gasteiger partial charge in [0.15, 0.2) is 0 Å². The van der Waals surface area contributed by atoms with Crippen LogP contribution in [0.15, 0.2) is 12.2 Å². The first-order valence-electron chi connectivity index (χ1n) is 7.97. The van der Waals surface area contributed by atoms with Crippen LogP contribution in [0.2, 0.25) is 0 Å². The van der Waals surface area contributed by atoms with Crippen molar-refractivity contribution < 1.29 is 23.8 Å². The monoisotopic (exact) mass is 351 g/mol. The van der Waals surface area contributed by atoms with Gasteiger partial charge in [-0.1, -0.05) is 0 Å². The Morgan fingerprint density at radius 1 is 1.33 bits per heavy atom. The maximum atomic E-state index is 11.9. The summed E-state index contributed by atoms with van der Waals surface area (Å²) in [5.41, 5.74) is 0.718. The van der Waals surface area contributed by atoms with Crippen molar-refractivity contribution in [3.05, 3.63) is 17.8 Å². The number of carbonyl (C=O) groups is 2. The molecule has 4 aliphatic heterocycles. The molecule has 3 unspecified atom stereocenters. The molecule has 5 rings (SSSR count).